The standard InChI is InChI=1S/C21H23NO5S2/c1-26-18-7-3-5-16(11-18)12-22(29(24,25)19-9-10-28-15-19)13-17-6-4-8-21(27-2)20(17)14-23/h3-11,15,23H,12-14H2,1-2H3. The van der Waals surface area contributed by atoms with E-state index in [4.69, 9.17) is 9.47 Å². The summed E-state index contributed by atoms with van der Waals surface area (Å²) < 4.78 is 38.6. The number of thiophene rings is 1. The van der Waals surface area contributed by atoms with Crippen LogP contribution in [0, 0.1) is 0 Å². The van der Waals surface area contributed by atoms with Crippen LogP contribution in [0.25, 0.3) is 0 Å². The Kier molecular flexibility index (Phi) is 6.92. The zero-order valence-corrected chi connectivity index (χ0v) is 17.9. The van der Waals surface area contributed by atoms with E-state index in [-0.39, 0.29) is 24.6 Å². The Labute approximate surface area is 175 Å². The summed E-state index contributed by atoms with van der Waals surface area (Å²) in [5, 5.41) is 13.2. The predicted octanol–water partition coefficient (Wildman–Crippen LogP) is 3.65. The molecule has 0 radical (unpaired) electrons. The van der Waals surface area contributed by atoms with Gasteiger partial charge in [-0.15, -0.1) is 0 Å². The fraction of sp³-hybridized carbons (Fsp3) is 0.238. The summed E-state index contributed by atoms with van der Waals surface area (Å²) >= 11 is 1.33. The molecule has 0 aliphatic heterocycles. The van der Waals surface area contributed by atoms with Gasteiger partial charge in [0.2, 0.25) is 10.0 Å². The summed E-state index contributed by atoms with van der Waals surface area (Å²) in [6, 6.07) is 14.2. The van der Waals surface area contributed by atoms with Gasteiger partial charge in [0.05, 0.1) is 25.7 Å². The number of rotatable bonds is 9. The van der Waals surface area contributed by atoms with Crippen LogP contribution in [0.1, 0.15) is 16.7 Å². The summed E-state index contributed by atoms with van der Waals surface area (Å²) in [5.41, 5.74) is 2.07. The number of aliphatic hydroxyl groups excluding tert-OH is 1. The fourth-order valence-electron chi connectivity index (χ4n) is 3.07. The lowest BCUT2D eigenvalue weighted by molar-refractivity contribution is 0.270. The van der Waals surface area contributed by atoms with Gasteiger partial charge in [-0.2, -0.15) is 15.6 Å². The maximum absolute atomic E-state index is 13.3. The average Bonchev–Trinajstić information content (AvgIpc) is 3.29. The van der Waals surface area contributed by atoms with Crippen LogP contribution in [0.5, 0.6) is 11.5 Å². The van der Waals surface area contributed by atoms with E-state index >= 15 is 0 Å². The summed E-state index contributed by atoms with van der Waals surface area (Å²) in [6.45, 7) is 0.0186. The Hall–Kier alpha value is -2.39. The molecule has 154 valence electrons. The first-order valence-electron chi connectivity index (χ1n) is 8.90. The molecular formula is C21H23NO5S2. The van der Waals surface area contributed by atoms with Crippen molar-refractivity contribution in [2.75, 3.05) is 14.2 Å². The van der Waals surface area contributed by atoms with Crippen molar-refractivity contribution in [3.05, 3.63) is 76.0 Å². The smallest absolute Gasteiger partial charge is 0.244 e. The van der Waals surface area contributed by atoms with Crippen LogP contribution in [0.2, 0.25) is 0 Å². The van der Waals surface area contributed by atoms with Gasteiger partial charge in [-0.1, -0.05) is 24.3 Å². The maximum atomic E-state index is 13.3. The minimum atomic E-state index is -3.74. The van der Waals surface area contributed by atoms with Crippen molar-refractivity contribution in [2.45, 2.75) is 24.6 Å². The second-order valence-electron chi connectivity index (χ2n) is 6.34. The molecule has 0 fully saturated rings. The van der Waals surface area contributed by atoms with E-state index in [0.717, 1.165) is 5.56 Å². The van der Waals surface area contributed by atoms with E-state index in [1.165, 1.54) is 22.8 Å². The van der Waals surface area contributed by atoms with E-state index in [2.05, 4.69) is 0 Å². The molecule has 1 aromatic heterocycles. The molecule has 0 unspecified atom stereocenters. The van der Waals surface area contributed by atoms with Crippen LogP contribution < -0.4 is 9.47 Å². The van der Waals surface area contributed by atoms with Crippen molar-refractivity contribution in [1.29, 1.82) is 0 Å². The molecule has 1 heterocycles. The van der Waals surface area contributed by atoms with Gasteiger partial charge in [0.25, 0.3) is 0 Å². The third kappa shape index (κ3) is 4.79. The van der Waals surface area contributed by atoms with Crippen LogP contribution in [-0.2, 0) is 29.7 Å². The van der Waals surface area contributed by atoms with Crippen LogP contribution in [0.4, 0.5) is 0 Å². The van der Waals surface area contributed by atoms with Gasteiger partial charge in [-0.25, -0.2) is 8.42 Å². The average molecular weight is 434 g/mol. The zero-order valence-electron chi connectivity index (χ0n) is 16.2. The summed E-state index contributed by atoms with van der Waals surface area (Å²) in [4.78, 5) is 0.249. The molecule has 3 aromatic rings. The molecule has 6 nitrogen and oxygen atoms in total. The quantitative estimate of drug-likeness (QED) is 0.557. The van der Waals surface area contributed by atoms with Crippen molar-refractivity contribution >= 4 is 21.4 Å². The van der Waals surface area contributed by atoms with Gasteiger partial charge in [0.15, 0.2) is 0 Å². The number of methoxy groups -OCH3 is 2. The lowest BCUT2D eigenvalue weighted by atomic mass is 10.1. The van der Waals surface area contributed by atoms with Crippen LogP contribution in [0.3, 0.4) is 0 Å². The first kappa shape index (κ1) is 21.3. The predicted molar refractivity (Wildman–Crippen MR) is 113 cm³/mol. The Morgan fingerprint density at radius 2 is 1.83 bits per heavy atom. The first-order valence-corrected chi connectivity index (χ1v) is 11.3. The second kappa shape index (κ2) is 9.41. The number of hydrogen-bond acceptors (Lipinski definition) is 6. The number of ether oxygens (including phenoxy) is 2. The zero-order chi connectivity index (χ0) is 20.9. The molecule has 8 heteroatoms. The molecule has 0 aliphatic rings. The minimum absolute atomic E-state index is 0.0997. The Morgan fingerprint density at radius 3 is 2.48 bits per heavy atom. The van der Waals surface area contributed by atoms with E-state index in [1.807, 2.05) is 24.3 Å². The minimum Gasteiger partial charge on any atom is -0.497 e. The Bertz CT molecular complexity index is 1050. The van der Waals surface area contributed by atoms with Crippen molar-refractivity contribution in [3.8, 4) is 11.5 Å². The molecule has 0 saturated carbocycles. The highest BCUT2D eigenvalue weighted by atomic mass is 32.2. The SMILES string of the molecule is COc1cccc(CN(Cc2cccc(OC)c2CO)S(=O)(=O)c2ccsc2)c1. The highest BCUT2D eigenvalue weighted by molar-refractivity contribution is 7.89. The number of aliphatic hydroxyl groups is 1. The lowest BCUT2D eigenvalue weighted by Crippen LogP contribution is -2.30. The molecule has 29 heavy (non-hydrogen) atoms. The van der Waals surface area contributed by atoms with Crippen LogP contribution >= 0.6 is 11.3 Å². The molecular weight excluding hydrogens is 410 g/mol. The first-order chi connectivity index (χ1) is 14.0. The van der Waals surface area contributed by atoms with Crippen LogP contribution in [0.15, 0.2) is 64.2 Å². The lowest BCUT2D eigenvalue weighted by Gasteiger charge is -2.24. The molecule has 1 N–H and O–H groups in total. The highest BCUT2D eigenvalue weighted by Crippen LogP contribution is 2.28. The van der Waals surface area contributed by atoms with Crippen molar-refractivity contribution in [3.63, 3.8) is 0 Å². The van der Waals surface area contributed by atoms with Gasteiger partial charge in [-0.3, -0.25) is 0 Å². The summed E-state index contributed by atoms with van der Waals surface area (Å²) in [7, 11) is -0.643. The third-order valence-corrected chi connectivity index (χ3v) is 7.20. The van der Waals surface area contributed by atoms with Crippen LogP contribution in [-0.4, -0.2) is 32.0 Å². The molecule has 3 rings (SSSR count). The second-order valence-corrected chi connectivity index (χ2v) is 9.06. The van der Waals surface area contributed by atoms with Crippen molar-refractivity contribution in [2.24, 2.45) is 0 Å². The fourth-order valence-corrected chi connectivity index (χ4v) is 5.49. The number of nitrogens with zero attached hydrogens (tertiary/aromatic N) is 1. The highest BCUT2D eigenvalue weighted by Gasteiger charge is 2.26. The largest absolute Gasteiger partial charge is 0.497 e. The molecule has 0 saturated heterocycles. The number of hydrogen-bond donors (Lipinski definition) is 1. The third-order valence-electron chi connectivity index (χ3n) is 4.58. The molecule has 0 atom stereocenters. The number of sulfonamides is 1. The molecule has 0 aliphatic carbocycles. The normalized spacial score (nSPS) is 11.6. The summed E-state index contributed by atoms with van der Waals surface area (Å²) in [5.74, 6) is 1.19. The van der Waals surface area contributed by atoms with E-state index in [1.54, 1.807) is 42.1 Å². The maximum Gasteiger partial charge on any atom is 0.244 e. The van der Waals surface area contributed by atoms with Crippen molar-refractivity contribution < 1.29 is 23.0 Å². The van der Waals surface area contributed by atoms with E-state index in [0.29, 0.717) is 22.6 Å². The van der Waals surface area contributed by atoms with Gasteiger partial charge in [0.1, 0.15) is 11.5 Å². The molecule has 0 bridgehead atoms. The van der Waals surface area contributed by atoms with Gasteiger partial charge >= 0.3 is 0 Å². The number of benzene rings is 2. The Balaban J connectivity index is 2.02. The summed E-state index contributed by atoms with van der Waals surface area (Å²) in [6.07, 6.45) is 0. The van der Waals surface area contributed by atoms with E-state index < -0.39 is 10.0 Å². The molecule has 0 amide bonds. The molecule has 0 spiro atoms. The van der Waals surface area contributed by atoms with Gasteiger partial charge < -0.3 is 14.6 Å². The topological polar surface area (TPSA) is 76.1 Å². The van der Waals surface area contributed by atoms with E-state index in [9.17, 15) is 13.5 Å². The molecule has 2 aromatic carbocycles. The monoisotopic (exact) mass is 433 g/mol. The van der Waals surface area contributed by atoms with Gasteiger partial charge in [0, 0.05) is 24.0 Å². The van der Waals surface area contributed by atoms with Gasteiger partial charge in [-0.05, 0) is 40.8 Å². The van der Waals surface area contributed by atoms with Crippen molar-refractivity contribution in [1.82, 2.24) is 4.31 Å². The Morgan fingerprint density at radius 1 is 1.03 bits per heavy atom.